The molecule has 27 heavy (non-hydrogen) atoms. The van der Waals surface area contributed by atoms with Gasteiger partial charge in [-0.1, -0.05) is 13.8 Å². The van der Waals surface area contributed by atoms with Crippen molar-refractivity contribution in [3.05, 3.63) is 62.4 Å². The minimum absolute atomic E-state index is 0.231. The highest BCUT2D eigenvalue weighted by molar-refractivity contribution is 7.17. The van der Waals surface area contributed by atoms with Gasteiger partial charge >= 0.3 is 5.69 Å². The molecule has 8 heteroatoms. The number of nitrogens with zero attached hydrogens (tertiary/aromatic N) is 2. The number of anilines is 1. The van der Waals surface area contributed by atoms with Gasteiger partial charge in [0.15, 0.2) is 0 Å². The molecule has 0 fully saturated rings. The Hall–Kier alpha value is -2.74. The second-order valence-corrected chi connectivity index (χ2v) is 7.61. The van der Waals surface area contributed by atoms with E-state index in [4.69, 9.17) is 0 Å². The van der Waals surface area contributed by atoms with Crippen LogP contribution in [0.2, 0.25) is 0 Å². The van der Waals surface area contributed by atoms with Gasteiger partial charge in [-0.3, -0.25) is 18.7 Å². The molecule has 1 amide bonds. The fraction of sp³-hybridized carbons (Fsp3) is 0.316. The summed E-state index contributed by atoms with van der Waals surface area (Å²) in [5.41, 5.74) is 0.0656. The quantitative estimate of drug-likeness (QED) is 0.704. The highest BCUT2D eigenvalue weighted by atomic mass is 32.1. The number of rotatable bonds is 6. The van der Waals surface area contributed by atoms with Crippen molar-refractivity contribution < 1.29 is 9.18 Å². The number of aromatic nitrogens is 2. The summed E-state index contributed by atoms with van der Waals surface area (Å²) in [6.07, 6.45) is 0.688. The van der Waals surface area contributed by atoms with Gasteiger partial charge in [0.2, 0.25) is 5.91 Å². The standard InChI is InChI=1S/C19H20FN3O3S/c1-12(2)7-9-22-18(25)17-15(8-10-27-17)23(19(22)26)11-16(24)21-14-5-3-13(20)4-6-14/h3-6,8,10,12H,7,9,11H2,1-2H3,(H,21,24). The Morgan fingerprint density at radius 3 is 2.52 bits per heavy atom. The average molecular weight is 389 g/mol. The third kappa shape index (κ3) is 4.16. The third-order valence-corrected chi connectivity index (χ3v) is 5.09. The first-order valence-electron chi connectivity index (χ1n) is 8.63. The molecule has 6 nitrogen and oxygen atoms in total. The summed E-state index contributed by atoms with van der Waals surface area (Å²) in [6, 6.07) is 7.04. The van der Waals surface area contributed by atoms with Crippen LogP contribution in [0.4, 0.5) is 10.1 Å². The highest BCUT2D eigenvalue weighted by Gasteiger charge is 2.16. The molecule has 3 aromatic rings. The lowest BCUT2D eigenvalue weighted by molar-refractivity contribution is -0.116. The zero-order chi connectivity index (χ0) is 19.6. The van der Waals surface area contributed by atoms with E-state index in [0.717, 1.165) is 0 Å². The van der Waals surface area contributed by atoms with E-state index in [2.05, 4.69) is 5.32 Å². The Balaban J connectivity index is 1.94. The second-order valence-electron chi connectivity index (χ2n) is 6.70. The molecular weight excluding hydrogens is 369 g/mol. The molecular formula is C19H20FN3O3S. The number of nitrogens with one attached hydrogen (secondary N) is 1. The number of carbonyl (C=O) groups excluding carboxylic acids is 1. The van der Waals surface area contributed by atoms with Crippen LogP contribution in [-0.2, 0) is 17.9 Å². The van der Waals surface area contributed by atoms with Crippen molar-refractivity contribution in [1.29, 1.82) is 0 Å². The van der Waals surface area contributed by atoms with Crippen LogP contribution in [0.1, 0.15) is 20.3 Å². The maximum absolute atomic E-state index is 13.0. The lowest BCUT2D eigenvalue weighted by atomic mass is 10.1. The van der Waals surface area contributed by atoms with Gasteiger partial charge in [0.1, 0.15) is 17.1 Å². The SMILES string of the molecule is CC(C)CCn1c(=O)c2sccc2n(CC(=O)Nc2ccc(F)cc2)c1=O. The Morgan fingerprint density at radius 1 is 1.15 bits per heavy atom. The summed E-state index contributed by atoms with van der Waals surface area (Å²) < 4.78 is 15.9. The van der Waals surface area contributed by atoms with Crippen LogP contribution in [0.25, 0.3) is 10.2 Å². The van der Waals surface area contributed by atoms with Gasteiger partial charge in [-0.2, -0.15) is 0 Å². The number of benzene rings is 1. The smallest absolute Gasteiger partial charge is 0.325 e. The third-order valence-electron chi connectivity index (χ3n) is 4.20. The molecule has 2 aromatic heterocycles. The van der Waals surface area contributed by atoms with E-state index in [-0.39, 0.29) is 12.1 Å². The molecule has 0 radical (unpaired) electrons. The molecule has 0 aliphatic heterocycles. The number of amides is 1. The first-order valence-corrected chi connectivity index (χ1v) is 9.51. The predicted octanol–water partition coefficient (Wildman–Crippen LogP) is 3.05. The summed E-state index contributed by atoms with van der Waals surface area (Å²) in [4.78, 5) is 37.9. The van der Waals surface area contributed by atoms with Gasteiger partial charge in [0, 0.05) is 12.2 Å². The fourth-order valence-electron chi connectivity index (χ4n) is 2.75. The molecule has 0 bridgehead atoms. The fourth-order valence-corrected chi connectivity index (χ4v) is 3.59. The van der Waals surface area contributed by atoms with Gasteiger partial charge in [-0.05, 0) is 48.1 Å². The van der Waals surface area contributed by atoms with E-state index in [0.29, 0.717) is 34.8 Å². The number of halogens is 1. The number of fused-ring (bicyclic) bond motifs is 1. The molecule has 3 rings (SSSR count). The lowest BCUT2D eigenvalue weighted by Crippen LogP contribution is -2.41. The van der Waals surface area contributed by atoms with Crippen LogP contribution < -0.4 is 16.6 Å². The molecule has 2 heterocycles. The first-order chi connectivity index (χ1) is 12.9. The summed E-state index contributed by atoms with van der Waals surface area (Å²) in [7, 11) is 0. The van der Waals surface area contributed by atoms with E-state index in [1.54, 1.807) is 11.4 Å². The zero-order valence-corrected chi connectivity index (χ0v) is 15.9. The van der Waals surface area contributed by atoms with E-state index in [1.165, 1.54) is 44.7 Å². The first kappa shape index (κ1) is 19.0. The maximum Gasteiger partial charge on any atom is 0.332 e. The number of carbonyl (C=O) groups is 1. The van der Waals surface area contributed by atoms with Crippen LogP contribution in [-0.4, -0.2) is 15.0 Å². The molecule has 0 saturated heterocycles. The average Bonchev–Trinajstić information content (AvgIpc) is 3.10. The number of hydrogen-bond donors (Lipinski definition) is 1. The molecule has 0 unspecified atom stereocenters. The van der Waals surface area contributed by atoms with Gasteiger partial charge in [-0.25, -0.2) is 9.18 Å². The van der Waals surface area contributed by atoms with Gasteiger partial charge < -0.3 is 5.32 Å². The largest absolute Gasteiger partial charge is 0.332 e. The Bertz CT molecular complexity index is 1080. The van der Waals surface area contributed by atoms with Crippen LogP contribution >= 0.6 is 11.3 Å². The minimum atomic E-state index is -0.499. The van der Waals surface area contributed by atoms with Crippen LogP contribution in [0.5, 0.6) is 0 Å². The van der Waals surface area contributed by atoms with E-state index < -0.39 is 17.4 Å². The molecule has 0 atom stereocenters. The van der Waals surface area contributed by atoms with Crippen LogP contribution in [0.15, 0.2) is 45.3 Å². The topological polar surface area (TPSA) is 73.1 Å². The molecule has 1 N–H and O–H groups in total. The second kappa shape index (κ2) is 7.87. The summed E-state index contributed by atoms with van der Waals surface area (Å²) in [6.45, 7) is 4.11. The molecule has 142 valence electrons. The summed E-state index contributed by atoms with van der Waals surface area (Å²) >= 11 is 1.25. The minimum Gasteiger partial charge on any atom is -0.325 e. The summed E-state index contributed by atoms with van der Waals surface area (Å²) in [5.74, 6) is -0.489. The van der Waals surface area contributed by atoms with Gasteiger partial charge in [0.25, 0.3) is 5.56 Å². The van der Waals surface area contributed by atoms with Crippen molar-refractivity contribution in [2.45, 2.75) is 33.4 Å². The van der Waals surface area contributed by atoms with E-state index in [9.17, 15) is 18.8 Å². The van der Waals surface area contributed by atoms with Crippen LogP contribution in [0, 0.1) is 11.7 Å². The van der Waals surface area contributed by atoms with Crippen molar-refractivity contribution in [2.24, 2.45) is 5.92 Å². The van der Waals surface area contributed by atoms with Crippen molar-refractivity contribution in [3.8, 4) is 0 Å². The van der Waals surface area contributed by atoms with Gasteiger partial charge in [-0.15, -0.1) is 11.3 Å². The molecule has 0 spiro atoms. The zero-order valence-electron chi connectivity index (χ0n) is 15.1. The van der Waals surface area contributed by atoms with Crippen molar-refractivity contribution in [1.82, 2.24) is 9.13 Å². The molecule has 1 aromatic carbocycles. The number of thiophene rings is 1. The Labute approximate surface area is 158 Å². The Kier molecular flexibility index (Phi) is 5.55. The Morgan fingerprint density at radius 2 is 1.85 bits per heavy atom. The van der Waals surface area contributed by atoms with Crippen molar-refractivity contribution in [2.75, 3.05) is 5.32 Å². The maximum atomic E-state index is 13.0. The van der Waals surface area contributed by atoms with Crippen molar-refractivity contribution >= 4 is 33.1 Å². The molecule has 0 saturated carbocycles. The lowest BCUT2D eigenvalue weighted by Gasteiger charge is -2.13. The summed E-state index contributed by atoms with van der Waals surface area (Å²) in [5, 5.41) is 4.37. The number of hydrogen-bond acceptors (Lipinski definition) is 4. The van der Waals surface area contributed by atoms with Crippen molar-refractivity contribution in [3.63, 3.8) is 0 Å². The monoisotopic (exact) mass is 389 g/mol. The van der Waals surface area contributed by atoms with E-state index in [1.807, 2.05) is 13.8 Å². The van der Waals surface area contributed by atoms with E-state index >= 15 is 0 Å². The molecule has 0 aliphatic rings. The predicted molar refractivity (Wildman–Crippen MR) is 105 cm³/mol. The van der Waals surface area contributed by atoms with Gasteiger partial charge in [0.05, 0.1) is 5.52 Å². The normalized spacial score (nSPS) is 11.3. The van der Waals surface area contributed by atoms with Crippen LogP contribution in [0.3, 0.4) is 0 Å². The highest BCUT2D eigenvalue weighted by Crippen LogP contribution is 2.16. The molecule has 0 aliphatic carbocycles.